The van der Waals surface area contributed by atoms with E-state index in [2.05, 4.69) is 21.0 Å². The third kappa shape index (κ3) is 2.21. The standard InChI is InChI=1S/C18H20N4O2/c1-11-18(22-17(19)24-11)6-5-14-13(12-8-20-10-21-9-12)3-4-16(23-2)15(14)7-18/h3-4,8-11H,5-7H2,1-2H3,(H2,19,22)/t11-,18-/m1/s1. The fraction of sp³-hybridized carbons (Fsp3) is 0.389. The predicted molar refractivity (Wildman–Crippen MR) is 90.9 cm³/mol. The van der Waals surface area contributed by atoms with Crippen LogP contribution in [0.4, 0.5) is 0 Å². The highest BCUT2D eigenvalue weighted by atomic mass is 16.5. The minimum absolute atomic E-state index is 0.0286. The summed E-state index contributed by atoms with van der Waals surface area (Å²) in [5.41, 5.74) is 10.2. The minimum Gasteiger partial charge on any atom is -0.496 e. The number of methoxy groups -OCH3 is 1. The molecule has 2 atom stereocenters. The van der Waals surface area contributed by atoms with Crippen molar-refractivity contribution in [1.82, 2.24) is 9.97 Å². The minimum atomic E-state index is -0.295. The molecule has 6 heteroatoms. The number of nitrogens with two attached hydrogens (primary N) is 1. The van der Waals surface area contributed by atoms with Crippen molar-refractivity contribution in [3.8, 4) is 16.9 Å². The molecule has 0 saturated carbocycles. The molecular formula is C18H20N4O2. The average molecular weight is 324 g/mol. The molecule has 0 fully saturated rings. The molecule has 0 radical (unpaired) electrons. The summed E-state index contributed by atoms with van der Waals surface area (Å²) in [5.74, 6) is 0.887. The van der Waals surface area contributed by atoms with Gasteiger partial charge >= 0.3 is 0 Å². The van der Waals surface area contributed by atoms with Gasteiger partial charge in [-0.2, -0.15) is 0 Å². The number of nitrogens with zero attached hydrogens (tertiary/aromatic N) is 3. The van der Waals surface area contributed by atoms with Gasteiger partial charge in [-0.15, -0.1) is 0 Å². The molecule has 2 aliphatic rings. The van der Waals surface area contributed by atoms with E-state index in [-0.39, 0.29) is 17.7 Å². The summed E-state index contributed by atoms with van der Waals surface area (Å²) in [6.45, 7) is 2.04. The molecule has 1 spiro atoms. The Balaban J connectivity index is 1.83. The van der Waals surface area contributed by atoms with Gasteiger partial charge in [0, 0.05) is 29.9 Å². The molecular weight excluding hydrogens is 304 g/mol. The van der Waals surface area contributed by atoms with Gasteiger partial charge in [0.1, 0.15) is 23.7 Å². The summed E-state index contributed by atoms with van der Waals surface area (Å²) in [4.78, 5) is 12.9. The fourth-order valence-corrected chi connectivity index (χ4v) is 3.86. The number of ether oxygens (including phenoxy) is 2. The summed E-state index contributed by atoms with van der Waals surface area (Å²) in [5, 5.41) is 0. The zero-order chi connectivity index (χ0) is 16.7. The van der Waals surface area contributed by atoms with Gasteiger partial charge in [0.15, 0.2) is 0 Å². The maximum absolute atomic E-state index is 5.82. The summed E-state index contributed by atoms with van der Waals surface area (Å²) in [7, 11) is 1.70. The highest BCUT2D eigenvalue weighted by molar-refractivity contribution is 5.75. The summed E-state index contributed by atoms with van der Waals surface area (Å²) < 4.78 is 11.2. The van der Waals surface area contributed by atoms with Crippen LogP contribution in [0.25, 0.3) is 11.1 Å². The fourth-order valence-electron chi connectivity index (χ4n) is 3.86. The van der Waals surface area contributed by atoms with Crippen molar-refractivity contribution in [1.29, 1.82) is 0 Å². The molecule has 1 aromatic carbocycles. The number of amidine groups is 1. The maximum Gasteiger partial charge on any atom is 0.282 e. The van der Waals surface area contributed by atoms with E-state index in [1.165, 1.54) is 11.1 Å². The summed E-state index contributed by atoms with van der Waals surface area (Å²) >= 11 is 0. The number of hydrogen-bond donors (Lipinski definition) is 1. The number of benzene rings is 1. The van der Waals surface area contributed by atoms with Gasteiger partial charge in [-0.25, -0.2) is 15.0 Å². The van der Waals surface area contributed by atoms with Crippen LogP contribution in [0.1, 0.15) is 24.5 Å². The lowest BCUT2D eigenvalue weighted by atomic mass is 9.73. The van der Waals surface area contributed by atoms with Crippen molar-refractivity contribution in [2.75, 3.05) is 7.11 Å². The largest absolute Gasteiger partial charge is 0.496 e. The first-order valence-corrected chi connectivity index (χ1v) is 8.09. The highest BCUT2D eigenvalue weighted by Gasteiger charge is 2.46. The topological polar surface area (TPSA) is 82.6 Å². The first-order chi connectivity index (χ1) is 11.6. The second-order valence-corrected chi connectivity index (χ2v) is 6.39. The highest BCUT2D eigenvalue weighted by Crippen LogP contribution is 2.44. The van der Waals surface area contributed by atoms with Crippen LogP contribution in [0, 0.1) is 0 Å². The molecule has 0 amide bonds. The predicted octanol–water partition coefficient (Wildman–Crippen LogP) is 2.11. The lowest BCUT2D eigenvalue weighted by Gasteiger charge is -2.35. The lowest BCUT2D eigenvalue weighted by Crippen LogP contribution is -2.41. The molecule has 124 valence electrons. The Morgan fingerprint density at radius 2 is 2.04 bits per heavy atom. The summed E-state index contributed by atoms with van der Waals surface area (Å²) in [6, 6.07) is 4.38. The van der Waals surface area contributed by atoms with E-state index in [1.807, 2.05) is 25.4 Å². The van der Waals surface area contributed by atoms with Crippen molar-refractivity contribution in [3.63, 3.8) is 0 Å². The van der Waals surface area contributed by atoms with Crippen LogP contribution >= 0.6 is 0 Å². The normalized spacial score (nSPS) is 25.1. The van der Waals surface area contributed by atoms with Crippen LogP contribution in [-0.4, -0.2) is 34.7 Å². The molecule has 2 aromatic rings. The number of aromatic nitrogens is 2. The molecule has 1 aliphatic carbocycles. The van der Waals surface area contributed by atoms with Crippen molar-refractivity contribution in [2.24, 2.45) is 10.7 Å². The quantitative estimate of drug-likeness (QED) is 0.915. The van der Waals surface area contributed by atoms with Crippen molar-refractivity contribution < 1.29 is 9.47 Å². The van der Waals surface area contributed by atoms with Crippen LogP contribution in [-0.2, 0) is 17.6 Å². The van der Waals surface area contributed by atoms with E-state index in [1.54, 1.807) is 13.4 Å². The molecule has 1 aliphatic heterocycles. The SMILES string of the molecule is COc1ccc(-c2cncnc2)c2c1C[C@@]1(CC2)N=C(N)O[C@@H]1C. The first kappa shape index (κ1) is 14.9. The Hall–Kier alpha value is -2.63. The first-order valence-electron chi connectivity index (χ1n) is 8.09. The van der Waals surface area contributed by atoms with Crippen LogP contribution in [0.15, 0.2) is 35.8 Å². The molecule has 0 saturated heterocycles. The van der Waals surface area contributed by atoms with Crippen molar-refractivity contribution in [3.05, 3.63) is 42.0 Å². The van der Waals surface area contributed by atoms with Crippen LogP contribution < -0.4 is 10.5 Å². The van der Waals surface area contributed by atoms with Gasteiger partial charge < -0.3 is 15.2 Å². The van der Waals surface area contributed by atoms with Crippen molar-refractivity contribution in [2.45, 2.75) is 37.8 Å². The average Bonchev–Trinajstić information content (AvgIpc) is 2.87. The lowest BCUT2D eigenvalue weighted by molar-refractivity contribution is 0.140. The molecule has 1 aromatic heterocycles. The van der Waals surface area contributed by atoms with Crippen LogP contribution in [0.5, 0.6) is 5.75 Å². The molecule has 0 bridgehead atoms. The van der Waals surface area contributed by atoms with E-state index in [0.29, 0.717) is 0 Å². The van der Waals surface area contributed by atoms with Gasteiger partial charge in [0.2, 0.25) is 0 Å². The molecule has 4 rings (SSSR count). The van der Waals surface area contributed by atoms with Crippen LogP contribution in [0.3, 0.4) is 0 Å². The molecule has 2 heterocycles. The van der Waals surface area contributed by atoms with E-state index >= 15 is 0 Å². The zero-order valence-corrected chi connectivity index (χ0v) is 13.8. The summed E-state index contributed by atoms with van der Waals surface area (Å²) in [6.07, 6.45) is 7.75. The van der Waals surface area contributed by atoms with Gasteiger partial charge in [0.05, 0.1) is 7.11 Å². The Kier molecular flexibility index (Phi) is 3.40. The monoisotopic (exact) mass is 324 g/mol. The number of aliphatic imine (C=N–C) groups is 1. The van der Waals surface area contributed by atoms with Gasteiger partial charge in [-0.05, 0) is 37.0 Å². The van der Waals surface area contributed by atoms with E-state index in [4.69, 9.17) is 15.2 Å². The second-order valence-electron chi connectivity index (χ2n) is 6.39. The van der Waals surface area contributed by atoms with Crippen LogP contribution in [0.2, 0.25) is 0 Å². The molecule has 2 N–H and O–H groups in total. The van der Waals surface area contributed by atoms with Gasteiger partial charge in [-0.3, -0.25) is 0 Å². The van der Waals surface area contributed by atoms with Gasteiger partial charge in [-0.1, -0.05) is 6.07 Å². The van der Waals surface area contributed by atoms with E-state index in [9.17, 15) is 0 Å². The molecule has 24 heavy (non-hydrogen) atoms. The molecule has 6 nitrogen and oxygen atoms in total. The Morgan fingerprint density at radius 1 is 1.25 bits per heavy atom. The Labute approximate surface area is 140 Å². The number of rotatable bonds is 2. The van der Waals surface area contributed by atoms with Crippen molar-refractivity contribution >= 4 is 6.02 Å². The van der Waals surface area contributed by atoms with Gasteiger partial charge in [0.25, 0.3) is 6.02 Å². The van der Waals surface area contributed by atoms with E-state index < -0.39 is 0 Å². The Bertz CT molecular complexity index is 806. The second kappa shape index (κ2) is 5.47. The number of hydrogen-bond acceptors (Lipinski definition) is 6. The third-order valence-corrected chi connectivity index (χ3v) is 5.16. The third-order valence-electron chi connectivity index (χ3n) is 5.16. The Morgan fingerprint density at radius 3 is 2.71 bits per heavy atom. The number of fused-ring (bicyclic) bond motifs is 1. The van der Waals surface area contributed by atoms with E-state index in [0.717, 1.165) is 36.1 Å². The zero-order valence-electron chi connectivity index (χ0n) is 13.8. The smallest absolute Gasteiger partial charge is 0.282 e. The molecule has 0 unspecified atom stereocenters. The maximum atomic E-state index is 5.82.